The maximum absolute atomic E-state index is 13.9. The highest BCUT2D eigenvalue weighted by Gasteiger charge is 2.45. The van der Waals surface area contributed by atoms with Crippen molar-refractivity contribution >= 4 is 24.0 Å². The Balaban J connectivity index is 5.09. The lowest BCUT2D eigenvalue weighted by molar-refractivity contribution is -0.171. The van der Waals surface area contributed by atoms with Crippen molar-refractivity contribution in [1.29, 1.82) is 0 Å². The van der Waals surface area contributed by atoms with Crippen molar-refractivity contribution in [2.45, 2.75) is 122 Å². The zero-order chi connectivity index (χ0) is 32.0. The van der Waals surface area contributed by atoms with Crippen molar-refractivity contribution in [2.75, 3.05) is 19.8 Å². The van der Waals surface area contributed by atoms with Gasteiger partial charge in [-0.25, -0.2) is 18.4 Å². The highest BCUT2D eigenvalue weighted by Crippen LogP contribution is 2.21. The van der Waals surface area contributed by atoms with E-state index in [1.165, 1.54) is 0 Å². The number of nitrogens with two attached hydrogens (primary N) is 1. The van der Waals surface area contributed by atoms with E-state index in [1.54, 1.807) is 20.8 Å². The zero-order valence-corrected chi connectivity index (χ0v) is 25.8. The van der Waals surface area contributed by atoms with E-state index in [2.05, 4.69) is 5.32 Å². The molecule has 0 aromatic rings. The number of alkyl halides is 2. The van der Waals surface area contributed by atoms with Gasteiger partial charge in [0.15, 0.2) is 11.6 Å². The predicted molar refractivity (Wildman–Crippen MR) is 155 cm³/mol. The first kappa shape index (κ1) is 39.0. The number of ether oxygens (including phenoxy) is 4. The number of rotatable bonds is 21. The van der Waals surface area contributed by atoms with Crippen LogP contribution in [0.3, 0.4) is 0 Å². The molecule has 2 atom stereocenters. The SMILES string of the molecule is CC/C=C\CCCC(=O)OCC(COC(=O)C(N)(CCCNC(=O)OC(C)(C)C)C(F)F)OC(=O)CCC/C=C\CC. The number of carbonyl (C=O) groups excluding carboxylic acids is 4. The molecule has 0 spiro atoms. The van der Waals surface area contributed by atoms with Gasteiger partial charge in [-0.3, -0.25) is 9.59 Å². The Morgan fingerprint density at radius 3 is 1.90 bits per heavy atom. The molecule has 10 nitrogen and oxygen atoms in total. The summed E-state index contributed by atoms with van der Waals surface area (Å²) in [7, 11) is 0. The maximum atomic E-state index is 13.9. The standard InChI is InChI=1S/C30H50F2N2O8/c1-6-8-10-12-14-17-24(35)39-21-23(41-25(36)18-15-13-11-9-7-2)22-40-27(37)30(33,26(31)32)19-16-20-34-28(38)42-29(3,4)5/h8-11,23,26H,6-7,12-22,33H2,1-5H3,(H,34,38)/b10-8-,11-9-. The molecule has 3 N–H and O–H groups in total. The Morgan fingerprint density at radius 1 is 0.833 bits per heavy atom. The fourth-order valence-electron chi connectivity index (χ4n) is 3.41. The maximum Gasteiger partial charge on any atom is 0.407 e. The largest absolute Gasteiger partial charge is 0.462 e. The molecule has 242 valence electrons. The van der Waals surface area contributed by atoms with Gasteiger partial charge >= 0.3 is 24.0 Å². The van der Waals surface area contributed by atoms with Crippen LogP contribution in [0, 0.1) is 0 Å². The van der Waals surface area contributed by atoms with E-state index in [-0.39, 0.29) is 25.8 Å². The molecule has 0 aromatic carbocycles. The molecule has 0 heterocycles. The third-order valence-electron chi connectivity index (χ3n) is 5.64. The number of unbranched alkanes of at least 4 members (excludes halogenated alkanes) is 2. The van der Waals surface area contributed by atoms with Crippen LogP contribution in [0.4, 0.5) is 13.6 Å². The Bertz CT molecular complexity index is 874. The second-order valence-corrected chi connectivity index (χ2v) is 10.8. The van der Waals surface area contributed by atoms with Gasteiger partial charge in [0.1, 0.15) is 18.8 Å². The van der Waals surface area contributed by atoms with E-state index in [4.69, 9.17) is 24.7 Å². The number of allylic oxidation sites excluding steroid dienone is 4. The molecule has 0 aliphatic carbocycles. The lowest BCUT2D eigenvalue weighted by Crippen LogP contribution is -2.56. The quantitative estimate of drug-likeness (QED) is 0.0748. The first-order valence-corrected chi connectivity index (χ1v) is 14.6. The van der Waals surface area contributed by atoms with E-state index in [9.17, 15) is 28.0 Å². The first-order chi connectivity index (χ1) is 19.7. The molecular weight excluding hydrogens is 554 g/mol. The van der Waals surface area contributed by atoms with Crippen LogP contribution < -0.4 is 11.1 Å². The molecule has 42 heavy (non-hydrogen) atoms. The molecule has 2 unspecified atom stereocenters. The van der Waals surface area contributed by atoms with Crippen LogP contribution in [0.5, 0.6) is 0 Å². The predicted octanol–water partition coefficient (Wildman–Crippen LogP) is 5.53. The second-order valence-electron chi connectivity index (χ2n) is 10.8. The number of halogens is 2. The van der Waals surface area contributed by atoms with Crippen LogP contribution in [0.15, 0.2) is 24.3 Å². The first-order valence-electron chi connectivity index (χ1n) is 14.6. The van der Waals surface area contributed by atoms with Gasteiger partial charge in [0.05, 0.1) is 0 Å². The van der Waals surface area contributed by atoms with Crippen LogP contribution in [0.1, 0.15) is 98.8 Å². The molecule has 0 aliphatic heterocycles. The van der Waals surface area contributed by atoms with Gasteiger partial charge in [0, 0.05) is 19.4 Å². The summed E-state index contributed by atoms with van der Waals surface area (Å²) in [5.74, 6) is -2.55. The molecule has 0 bridgehead atoms. The van der Waals surface area contributed by atoms with E-state index >= 15 is 0 Å². The molecule has 0 radical (unpaired) electrons. The monoisotopic (exact) mass is 604 g/mol. The Hall–Kier alpha value is -3.02. The molecule has 12 heteroatoms. The van der Waals surface area contributed by atoms with Gasteiger partial charge in [0.2, 0.25) is 0 Å². The van der Waals surface area contributed by atoms with Crippen LogP contribution in [-0.2, 0) is 33.3 Å². The average molecular weight is 605 g/mol. The van der Waals surface area contributed by atoms with Crippen LogP contribution >= 0.6 is 0 Å². The van der Waals surface area contributed by atoms with E-state index in [0.717, 1.165) is 12.8 Å². The Kier molecular flexibility index (Phi) is 20.1. The number of amides is 1. The lowest BCUT2D eigenvalue weighted by Gasteiger charge is -2.27. The summed E-state index contributed by atoms with van der Waals surface area (Å²) >= 11 is 0. The fraction of sp³-hybridized carbons (Fsp3) is 0.733. The average Bonchev–Trinajstić information content (AvgIpc) is 2.90. The topological polar surface area (TPSA) is 143 Å². The summed E-state index contributed by atoms with van der Waals surface area (Å²) in [6.07, 6.45) is 6.49. The van der Waals surface area contributed by atoms with Gasteiger partial charge < -0.3 is 30.0 Å². The highest BCUT2D eigenvalue weighted by molar-refractivity contribution is 5.81. The van der Waals surface area contributed by atoms with Gasteiger partial charge in [-0.2, -0.15) is 0 Å². The summed E-state index contributed by atoms with van der Waals surface area (Å²) in [6, 6.07) is 0. The minimum absolute atomic E-state index is 0.0638. The molecular formula is C30H50F2N2O8. The van der Waals surface area contributed by atoms with Crippen LogP contribution in [0.25, 0.3) is 0 Å². The van der Waals surface area contributed by atoms with E-state index in [0.29, 0.717) is 25.7 Å². The highest BCUT2D eigenvalue weighted by atomic mass is 19.3. The second kappa shape index (κ2) is 21.6. The molecule has 0 rings (SSSR count). The fourth-order valence-corrected chi connectivity index (χ4v) is 3.41. The molecule has 0 fully saturated rings. The summed E-state index contributed by atoms with van der Waals surface area (Å²) in [4.78, 5) is 48.9. The van der Waals surface area contributed by atoms with Gasteiger partial charge in [-0.1, -0.05) is 38.2 Å². The van der Waals surface area contributed by atoms with Gasteiger partial charge in [-0.05, 0) is 72.1 Å². The van der Waals surface area contributed by atoms with Crippen molar-refractivity contribution in [3.8, 4) is 0 Å². The van der Waals surface area contributed by atoms with E-state index in [1.807, 2.05) is 38.2 Å². The lowest BCUT2D eigenvalue weighted by atomic mass is 9.95. The molecule has 0 saturated carbocycles. The molecule has 0 aliphatic rings. The molecule has 1 amide bonds. The van der Waals surface area contributed by atoms with Gasteiger partial charge in [-0.15, -0.1) is 0 Å². The van der Waals surface area contributed by atoms with Crippen molar-refractivity contribution < 1.29 is 46.9 Å². The minimum Gasteiger partial charge on any atom is -0.462 e. The van der Waals surface area contributed by atoms with Gasteiger partial charge in [0.25, 0.3) is 6.43 Å². The normalized spacial score (nSPS) is 14.0. The van der Waals surface area contributed by atoms with Crippen molar-refractivity contribution in [2.24, 2.45) is 5.73 Å². The third kappa shape index (κ3) is 19.2. The number of hydrogen-bond acceptors (Lipinski definition) is 9. The van der Waals surface area contributed by atoms with Crippen LogP contribution in [0.2, 0.25) is 0 Å². The molecule has 0 aromatic heterocycles. The number of carbonyl (C=O) groups is 4. The number of alkyl carbamates (subject to hydrolysis) is 1. The smallest absolute Gasteiger partial charge is 0.407 e. The van der Waals surface area contributed by atoms with Crippen molar-refractivity contribution in [3.63, 3.8) is 0 Å². The van der Waals surface area contributed by atoms with Crippen molar-refractivity contribution in [1.82, 2.24) is 5.32 Å². The Morgan fingerprint density at radius 2 is 1.38 bits per heavy atom. The number of nitrogens with one attached hydrogen (secondary N) is 1. The zero-order valence-electron chi connectivity index (χ0n) is 25.8. The molecule has 0 saturated heterocycles. The minimum atomic E-state index is -3.27. The Labute approximate surface area is 248 Å². The summed E-state index contributed by atoms with van der Waals surface area (Å²) < 4.78 is 48.4. The summed E-state index contributed by atoms with van der Waals surface area (Å²) in [5, 5.41) is 2.41. The number of hydrogen-bond donors (Lipinski definition) is 2. The third-order valence-corrected chi connectivity index (χ3v) is 5.64. The van der Waals surface area contributed by atoms with E-state index < -0.39 is 67.3 Å². The summed E-state index contributed by atoms with van der Waals surface area (Å²) in [6.45, 7) is 7.91. The van der Waals surface area contributed by atoms with Crippen molar-refractivity contribution in [3.05, 3.63) is 24.3 Å². The number of esters is 3. The summed E-state index contributed by atoms with van der Waals surface area (Å²) in [5.41, 5.74) is 2.33. The van der Waals surface area contributed by atoms with Crippen LogP contribution in [-0.4, -0.2) is 67.4 Å².